The molecule has 0 atom stereocenters. The molecule has 1 aromatic heterocycles. The highest BCUT2D eigenvalue weighted by atomic mass is 19.1. The highest BCUT2D eigenvalue weighted by Crippen LogP contribution is 2.18. The number of fused-ring (bicyclic) bond motifs is 1. The van der Waals surface area contributed by atoms with Crippen LogP contribution in [0.4, 0.5) is 8.78 Å². The van der Waals surface area contributed by atoms with Crippen LogP contribution in [-0.2, 0) is 6.54 Å². The Morgan fingerprint density at radius 3 is 2.41 bits per heavy atom. The molecule has 4 aromatic rings. The smallest absolute Gasteiger partial charge is 0.200 e. The third-order valence-electron chi connectivity index (χ3n) is 4.83. The van der Waals surface area contributed by atoms with Gasteiger partial charge in [0.15, 0.2) is 5.78 Å². The minimum atomic E-state index is -0.480. The van der Waals surface area contributed by atoms with E-state index in [9.17, 15) is 18.4 Å². The van der Waals surface area contributed by atoms with Crippen LogP contribution in [-0.4, -0.2) is 10.4 Å². The number of pyridine rings is 1. The Morgan fingerprint density at radius 2 is 1.69 bits per heavy atom. The molecule has 0 amide bonds. The molecular weight excluding hydrogens is 372 g/mol. The van der Waals surface area contributed by atoms with Crippen LogP contribution < -0.4 is 5.43 Å². The predicted molar refractivity (Wildman–Crippen MR) is 108 cm³/mol. The third-order valence-corrected chi connectivity index (χ3v) is 4.83. The zero-order valence-corrected chi connectivity index (χ0v) is 15.7. The Balaban J connectivity index is 1.90. The van der Waals surface area contributed by atoms with Gasteiger partial charge in [0.25, 0.3) is 0 Å². The Hall–Kier alpha value is -3.60. The van der Waals surface area contributed by atoms with Crippen molar-refractivity contribution < 1.29 is 13.6 Å². The number of ketones is 1. The number of carbonyl (C=O) groups excluding carboxylic acids is 1. The summed E-state index contributed by atoms with van der Waals surface area (Å²) in [5.74, 6) is -1.29. The summed E-state index contributed by atoms with van der Waals surface area (Å²) in [4.78, 5) is 26.0. The van der Waals surface area contributed by atoms with Gasteiger partial charge in [0.05, 0.1) is 11.1 Å². The van der Waals surface area contributed by atoms with E-state index in [1.165, 1.54) is 42.6 Å². The molecule has 4 rings (SSSR count). The molecule has 3 nitrogen and oxygen atoms in total. The zero-order valence-electron chi connectivity index (χ0n) is 15.7. The Kier molecular flexibility index (Phi) is 4.80. The van der Waals surface area contributed by atoms with Gasteiger partial charge in [-0.3, -0.25) is 9.59 Å². The van der Waals surface area contributed by atoms with Gasteiger partial charge in [-0.05, 0) is 61.0 Å². The normalized spacial score (nSPS) is 11.0. The monoisotopic (exact) mass is 389 g/mol. The second kappa shape index (κ2) is 7.43. The summed E-state index contributed by atoms with van der Waals surface area (Å²) in [6.45, 7) is 2.16. The summed E-state index contributed by atoms with van der Waals surface area (Å²) < 4.78 is 28.6. The van der Waals surface area contributed by atoms with Crippen LogP contribution >= 0.6 is 0 Å². The van der Waals surface area contributed by atoms with E-state index in [-0.39, 0.29) is 22.4 Å². The number of benzene rings is 3. The van der Waals surface area contributed by atoms with Gasteiger partial charge in [0.2, 0.25) is 5.43 Å². The fourth-order valence-electron chi connectivity index (χ4n) is 3.39. The first-order chi connectivity index (χ1) is 13.9. The molecule has 3 aromatic carbocycles. The average molecular weight is 389 g/mol. The van der Waals surface area contributed by atoms with E-state index in [4.69, 9.17) is 0 Å². The van der Waals surface area contributed by atoms with Gasteiger partial charge in [-0.25, -0.2) is 8.78 Å². The highest BCUT2D eigenvalue weighted by molar-refractivity contribution is 6.10. The highest BCUT2D eigenvalue weighted by Gasteiger charge is 2.17. The van der Waals surface area contributed by atoms with Crippen LogP contribution in [0.15, 0.2) is 77.7 Å². The maximum absolute atomic E-state index is 13.6. The number of nitrogens with zero attached hydrogens (tertiary/aromatic N) is 1. The number of carbonyl (C=O) groups is 1. The van der Waals surface area contributed by atoms with Crippen molar-refractivity contribution in [1.29, 1.82) is 0 Å². The molecule has 0 spiro atoms. The molecule has 0 saturated heterocycles. The fourth-order valence-corrected chi connectivity index (χ4v) is 3.39. The minimum Gasteiger partial charge on any atom is -0.342 e. The van der Waals surface area contributed by atoms with Gasteiger partial charge in [-0.1, -0.05) is 23.8 Å². The van der Waals surface area contributed by atoms with Gasteiger partial charge >= 0.3 is 0 Å². The first kappa shape index (κ1) is 18.7. The lowest BCUT2D eigenvalue weighted by molar-refractivity contribution is 0.103. The molecule has 0 fully saturated rings. The van der Waals surface area contributed by atoms with Crippen LogP contribution in [0.5, 0.6) is 0 Å². The van der Waals surface area contributed by atoms with Crippen molar-refractivity contribution in [1.82, 2.24) is 4.57 Å². The number of aryl methyl sites for hydroxylation is 1. The van der Waals surface area contributed by atoms with Gasteiger partial charge in [-0.15, -0.1) is 0 Å². The molecule has 5 heteroatoms. The Labute approximate surface area is 165 Å². The summed E-state index contributed by atoms with van der Waals surface area (Å²) in [5, 5.41) is 0.411. The number of hydrogen-bond acceptors (Lipinski definition) is 2. The van der Waals surface area contributed by atoms with Crippen molar-refractivity contribution in [3.8, 4) is 0 Å². The maximum atomic E-state index is 13.6. The van der Waals surface area contributed by atoms with E-state index in [0.29, 0.717) is 23.0 Å². The van der Waals surface area contributed by atoms with Crippen molar-refractivity contribution in [2.75, 3.05) is 0 Å². The summed E-state index contributed by atoms with van der Waals surface area (Å²) in [6.07, 6.45) is 1.50. The lowest BCUT2D eigenvalue weighted by Crippen LogP contribution is -2.20. The van der Waals surface area contributed by atoms with E-state index in [1.54, 1.807) is 22.8 Å². The molecule has 144 valence electrons. The summed E-state index contributed by atoms with van der Waals surface area (Å²) in [7, 11) is 0. The predicted octanol–water partition coefficient (Wildman–Crippen LogP) is 4.87. The molecule has 0 saturated carbocycles. The van der Waals surface area contributed by atoms with Crippen molar-refractivity contribution in [2.45, 2.75) is 13.5 Å². The van der Waals surface area contributed by atoms with Crippen LogP contribution in [0.2, 0.25) is 0 Å². The van der Waals surface area contributed by atoms with Crippen molar-refractivity contribution in [2.24, 2.45) is 0 Å². The molecular formula is C24H17F2NO2. The first-order valence-corrected chi connectivity index (χ1v) is 9.11. The summed E-state index contributed by atoms with van der Waals surface area (Å²) >= 11 is 0. The number of rotatable bonds is 4. The zero-order chi connectivity index (χ0) is 20.5. The third kappa shape index (κ3) is 3.72. The number of aromatic nitrogens is 1. The molecule has 0 aliphatic heterocycles. The van der Waals surface area contributed by atoms with E-state index < -0.39 is 11.6 Å². The van der Waals surface area contributed by atoms with E-state index in [1.807, 2.05) is 19.1 Å². The maximum Gasteiger partial charge on any atom is 0.200 e. The fraction of sp³-hybridized carbons (Fsp3) is 0.0833. The lowest BCUT2D eigenvalue weighted by Gasteiger charge is -2.14. The standard InChI is InChI=1S/C24H17F2NO2/c1-15-5-10-22-20(11-15)24(29)21(23(28)17-6-8-18(25)9-7-17)14-27(22)13-16-3-2-4-19(26)12-16/h2-12,14H,13H2,1H3. The Morgan fingerprint density at radius 1 is 0.931 bits per heavy atom. The SMILES string of the molecule is Cc1ccc2c(c1)c(=O)c(C(=O)c1ccc(F)cc1)cn2Cc1cccc(F)c1. The van der Waals surface area contributed by atoms with Gasteiger partial charge in [0.1, 0.15) is 11.6 Å². The molecule has 1 heterocycles. The second-order valence-corrected chi connectivity index (χ2v) is 6.99. The summed E-state index contributed by atoms with van der Waals surface area (Å²) in [6, 6.07) is 16.7. The quantitative estimate of drug-likeness (QED) is 0.467. The molecule has 0 bridgehead atoms. The first-order valence-electron chi connectivity index (χ1n) is 9.11. The van der Waals surface area contributed by atoms with Crippen LogP contribution in [0.3, 0.4) is 0 Å². The largest absolute Gasteiger partial charge is 0.342 e. The van der Waals surface area contributed by atoms with Gasteiger partial charge < -0.3 is 4.57 Å². The van der Waals surface area contributed by atoms with E-state index in [0.717, 1.165) is 5.56 Å². The lowest BCUT2D eigenvalue weighted by atomic mass is 10.0. The molecule has 0 N–H and O–H groups in total. The van der Waals surface area contributed by atoms with Gasteiger partial charge in [-0.2, -0.15) is 0 Å². The van der Waals surface area contributed by atoms with Crippen molar-refractivity contribution >= 4 is 16.7 Å². The Bertz CT molecular complexity index is 1290. The van der Waals surface area contributed by atoms with Crippen molar-refractivity contribution in [3.05, 3.63) is 117 Å². The summed E-state index contributed by atoms with van der Waals surface area (Å²) in [5.41, 5.74) is 2.09. The molecule has 0 radical (unpaired) electrons. The number of halogens is 2. The molecule has 0 aliphatic rings. The average Bonchev–Trinajstić information content (AvgIpc) is 2.70. The van der Waals surface area contributed by atoms with Crippen LogP contribution in [0, 0.1) is 18.6 Å². The minimum absolute atomic E-state index is 0.00823. The van der Waals surface area contributed by atoms with Gasteiger partial charge in [0, 0.05) is 23.7 Å². The van der Waals surface area contributed by atoms with E-state index >= 15 is 0 Å². The number of hydrogen-bond donors (Lipinski definition) is 0. The topological polar surface area (TPSA) is 39.1 Å². The molecule has 0 aliphatic carbocycles. The molecule has 0 unspecified atom stereocenters. The van der Waals surface area contributed by atoms with E-state index in [2.05, 4.69) is 0 Å². The van der Waals surface area contributed by atoms with Crippen molar-refractivity contribution in [3.63, 3.8) is 0 Å². The second-order valence-electron chi connectivity index (χ2n) is 6.99. The molecule has 29 heavy (non-hydrogen) atoms. The van der Waals surface area contributed by atoms with Crippen LogP contribution in [0.1, 0.15) is 27.0 Å². The van der Waals surface area contributed by atoms with Crippen LogP contribution in [0.25, 0.3) is 10.9 Å².